The van der Waals surface area contributed by atoms with Crippen molar-refractivity contribution in [1.29, 1.82) is 0 Å². The van der Waals surface area contributed by atoms with Gasteiger partial charge in [0.2, 0.25) is 5.91 Å². The van der Waals surface area contributed by atoms with Gasteiger partial charge in [0.15, 0.2) is 0 Å². The van der Waals surface area contributed by atoms with Crippen LogP contribution in [0.3, 0.4) is 0 Å². The third-order valence-electron chi connectivity index (χ3n) is 8.93. The Labute approximate surface area is 275 Å². The van der Waals surface area contributed by atoms with Crippen LogP contribution in [0, 0.1) is 0 Å². The first-order valence-corrected chi connectivity index (χ1v) is 19.6. The highest BCUT2D eigenvalue weighted by Crippen LogP contribution is 2.14. The number of hydrogen-bond donors (Lipinski definition) is 3. The molecule has 0 fully saturated rings. The Morgan fingerprint density at radius 2 is 0.864 bits per heavy atom. The molecule has 1 amide bonds. The van der Waals surface area contributed by atoms with Crippen LogP contribution >= 0.6 is 0 Å². The van der Waals surface area contributed by atoms with Crippen LogP contribution in [0.5, 0.6) is 0 Å². The molecule has 44 heavy (non-hydrogen) atoms. The van der Waals surface area contributed by atoms with Gasteiger partial charge in [0, 0.05) is 6.42 Å². The van der Waals surface area contributed by atoms with Gasteiger partial charge in [-0.25, -0.2) is 0 Å². The van der Waals surface area contributed by atoms with E-state index in [1.54, 1.807) is 6.08 Å². The molecule has 0 saturated heterocycles. The Balaban J connectivity index is 3.61. The Kier molecular flexibility index (Phi) is 35.4. The molecule has 0 aliphatic heterocycles. The summed E-state index contributed by atoms with van der Waals surface area (Å²) in [5.74, 6) is -0.0723. The van der Waals surface area contributed by atoms with Crippen molar-refractivity contribution < 1.29 is 15.0 Å². The maximum atomic E-state index is 12.3. The lowest BCUT2D eigenvalue weighted by Crippen LogP contribution is -2.45. The van der Waals surface area contributed by atoms with Crippen molar-refractivity contribution in [2.45, 2.75) is 219 Å². The van der Waals surface area contributed by atoms with E-state index in [0.29, 0.717) is 6.42 Å². The van der Waals surface area contributed by atoms with Crippen LogP contribution in [0.2, 0.25) is 0 Å². The molecule has 0 bridgehead atoms. The molecule has 0 heterocycles. The summed E-state index contributed by atoms with van der Waals surface area (Å²) in [7, 11) is 0. The van der Waals surface area contributed by atoms with Crippen molar-refractivity contribution in [3.8, 4) is 0 Å². The third kappa shape index (κ3) is 32.3. The van der Waals surface area contributed by atoms with Gasteiger partial charge in [-0.2, -0.15) is 0 Å². The summed E-state index contributed by atoms with van der Waals surface area (Å²) in [5.41, 5.74) is 0. The maximum Gasteiger partial charge on any atom is 0.220 e. The number of aliphatic hydroxyl groups excluding tert-OH is 2. The second-order valence-electron chi connectivity index (χ2n) is 13.3. The molecule has 2 atom stereocenters. The first-order chi connectivity index (χ1) is 21.7. The minimum atomic E-state index is -0.838. The molecule has 2 unspecified atom stereocenters. The first-order valence-electron chi connectivity index (χ1n) is 19.6. The van der Waals surface area contributed by atoms with Crippen LogP contribution in [0.4, 0.5) is 0 Å². The lowest BCUT2D eigenvalue weighted by atomic mass is 10.0. The molecular formula is C40H77NO3. The van der Waals surface area contributed by atoms with E-state index in [1.165, 1.54) is 154 Å². The quantitative estimate of drug-likeness (QED) is 0.0488. The molecule has 0 aliphatic carbocycles. The van der Waals surface area contributed by atoms with E-state index >= 15 is 0 Å². The Bertz CT molecular complexity index is 632. The maximum absolute atomic E-state index is 12.3. The molecule has 3 N–H and O–H groups in total. The van der Waals surface area contributed by atoms with Gasteiger partial charge in [-0.15, -0.1) is 0 Å². The predicted molar refractivity (Wildman–Crippen MR) is 193 cm³/mol. The second-order valence-corrected chi connectivity index (χ2v) is 13.3. The summed E-state index contributed by atoms with van der Waals surface area (Å²) in [6.07, 6.45) is 45.5. The van der Waals surface area contributed by atoms with Crippen molar-refractivity contribution in [3.05, 3.63) is 24.3 Å². The molecule has 4 nitrogen and oxygen atoms in total. The fourth-order valence-electron chi connectivity index (χ4n) is 5.88. The minimum Gasteiger partial charge on any atom is -0.394 e. The standard InChI is InChI=1S/C40H77NO3/c1-3-5-7-9-11-13-15-17-19-20-21-22-24-26-28-30-32-34-36-40(44)41-38(37-42)39(43)35-33-31-29-27-25-23-18-16-14-12-10-8-6-4-2/h21-22,33,35,38-39,42-43H,3-20,23-32,34,36-37H2,1-2H3,(H,41,44)/b22-21-,35-33+. The van der Waals surface area contributed by atoms with Crippen LogP contribution in [0.15, 0.2) is 24.3 Å². The first kappa shape index (κ1) is 42.9. The van der Waals surface area contributed by atoms with Gasteiger partial charge in [-0.1, -0.05) is 179 Å². The summed E-state index contributed by atoms with van der Waals surface area (Å²) in [4.78, 5) is 12.3. The average Bonchev–Trinajstić information content (AvgIpc) is 3.03. The Hall–Kier alpha value is -1.13. The van der Waals surface area contributed by atoms with E-state index < -0.39 is 12.1 Å². The fraction of sp³-hybridized carbons (Fsp3) is 0.875. The van der Waals surface area contributed by atoms with E-state index in [4.69, 9.17) is 0 Å². The second kappa shape index (κ2) is 36.3. The van der Waals surface area contributed by atoms with Gasteiger partial charge in [0.05, 0.1) is 18.8 Å². The zero-order valence-electron chi connectivity index (χ0n) is 29.7. The molecule has 0 saturated carbocycles. The summed E-state index contributed by atoms with van der Waals surface area (Å²) in [6, 6.07) is -0.622. The van der Waals surface area contributed by atoms with Crippen molar-refractivity contribution in [3.63, 3.8) is 0 Å². The fourth-order valence-corrected chi connectivity index (χ4v) is 5.88. The van der Waals surface area contributed by atoms with Gasteiger partial charge >= 0.3 is 0 Å². The molecule has 260 valence electrons. The highest BCUT2D eigenvalue weighted by Gasteiger charge is 2.17. The number of rotatable bonds is 35. The Morgan fingerprint density at radius 3 is 1.25 bits per heavy atom. The molecular weight excluding hydrogens is 542 g/mol. The number of carbonyl (C=O) groups excluding carboxylic acids is 1. The number of hydrogen-bond acceptors (Lipinski definition) is 3. The van der Waals surface area contributed by atoms with E-state index in [-0.39, 0.29) is 12.5 Å². The van der Waals surface area contributed by atoms with E-state index in [0.717, 1.165) is 32.1 Å². The number of allylic oxidation sites excluding steroid dienone is 3. The molecule has 0 radical (unpaired) electrons. The van der Waals surface area contributed by atoms with Gasteiger partial charge < -0.3 is 15.5 Å². The van der Waals surface area contributed by atoms with Gasteiger partial charge in [0.1, 0.15) is 0 Å². The summed E-state index contributed by atoms with van der Waals surface area (Å²) < 4.78 is 0. The monoisotopic (exact) mass is 620 g/mol. The molecule has 0 aromatic heterocycles. The van der Waals surface area contributed by atoms with Crippen LogP contribution in [0.1, 0.15) is 206 Å². The molecule has 0 aliphatic rings. The number of aliphatic hydroxyl groups is 2. The zero-order chi connectivity index (χ0) is 32.2. The predicted octanol–water partition coefficient (Wildman–Crippen LogP) is 11.7. The zero-order valence-corrected chi connectivity index (χ0v) is 29.7. The molecule has 0 aromatic rings. The SMILES string of the molecule is CCCCCCCCCCC/C=C\CCCCCCCC(=O)NC(CO)C(O)/C=C/CCCCCCCCCCCCCC. The van der Waals surface area contributed by atoms with Crippen molar-refractivity contribution in [2.75, 3.05) is 6.61 Å². The third-order valence-corrected chi connectivity index (χ3v) is 8.93. The molecule has 4 heteroatoms. The van der Waals surface area contributed by atoms with E-state index in [2.05, 4.69) is 31.3 Å². The minimum absolute atomic E-state index is 0.0723. The van der Waals surface area contributed by atoms with E-state index in [1.807, 2.05) is 6.08 Å². The summed E-state index contributed by atoms with van der Waals surface area (Å²) in [5, 5.41) is 22.9. The van der Waals surface area contributed by atoms with Crippen LogP contribution < -0.4 is 5.32 Å². The smallest absolute Gasteiger partial charge is 0.220 e. The summed E-state index contributed by atoms with van der Waals surface area (Å²) in [6.45, 7) is 4.30. The van der Waals surface area contributed by atoms with Gasteiger partial charge in [-0.05, 0) is 44.9 Å². The van der Waals surface area contributed by atoms with Crippen molar-refractivity contribution in [2.24, 2.45) is 0 Å². The van der Waals surface area contributed by atoms with Crippen LogP contribution in [-0.2, 0) is 4.79 Å². The molecule has 0 spiro atoms. The lowest BCUT2D eigenvalue weighted by molar-refractivity contribution is -0.123. The van der Waals surface area contributed by atoms with E-state index in [9.17, 15) is 15.0 Å². The molecule has 0 rings (SSSR count). The highest BCUT2D eigenvalue weighted by atomic mass is 16.3. The normalized spacial score (nSPS) is 13.3. The number of carbonyl (C=O) groups is 1. The van der Waals surface area contributed by atoms with Gasteiger partial charge in [-0.3, -0.25) is 4.79 Å². The highest BCUT2D eigenvalue weighted by molar-refractivity contribution is 5.76. The summed E-state index contributed by atoms with van der Waals surface area (Å²) >= 11 is 0. The topological polar surface area (TPSA) is 69.6 Å². The molecule has 0 aromatic carbocycles. The van der Waals surface area contributed by atoms with Crippen LogP contribution in [0.25, 0.3) is 0 Å². The van der Waals surface area contributed by atoms with Crippen molar-refractivity contribution >= 4 is 5.91 Å². The number of nitrogens with one attached hydrogen (secondary N) is 1. The van der Waals surface area contributed by atoms with Crippen molar-refractivity contribution in [1.82, 2.24) is 5.32 Å². The number of unbranched alkanes of at least 4 members (excludes halogenated alkanes) is 26. The lowest BCUT2D eigenvalue weighted by Gasteiger charge is -2.20. The largest absolute Gasteiger partial charge is 0.394 e. The number of amides is 1. The van der Waals surface area contributed by atoms with Crippen LogP contribution in [-0.4, -0.2) is 34.9 Å². The van der Waals surface area contributed by atoms with Gasteiger partial charge in [0.25, 0.3) is 0 Å². The average molecular weight is 620 g/mol. The Morgan fingerprint density at radius 1 is 0.523 bits per heavy atom.